The van der Waals surface area contributed by atoms with Crippen LogP contribution in [0.3, 0.4) is 0 Å². The van der Waals surface area contributed by atoms with E-state index in [0.717, 1.165) is 0 Å². The molecule has 0 N–H and O–H groups in total. The van der Waals surface area contributed by atoms with Crippen molar-refractivity contribution >= 4 is 7.52 Å². The number of hydrogen-bond acceptors (Lipinski definition) is 3. The van der Waals surface area contributed by atoms with Crippen molar-refractivity contribution in [1.82, 2.24) is 4.67 Å². The van der Waals surface area contributed by atoms with Gasteiger partial charge < -0.3 is 4.52 Å². The SMILES string of the molecule is CCO[P@](=O)(C#N)N(C)C. The summed E-state index contributed by atoms with van der Waals surface area (Å²) in [5.41, 5.74) is 0. The summed E-state index contributed by atoms with van der Waals surface area (Å²) in [6.07, 6.45) is 0. The molecule has 0 bridgehead atoms. The second-order valence-corrected chi connectivity index (χ2v) is 4.18. The molecule has 0 fully saturated rings. The molecule has 0 spiro atoms. The molecule has 0 aliphatic carbocycles. The molecule has 0 aliphatic rings. The molecule has 58 valence electrons. The molecule has 0 aromatic rings. The molecule has 0 saturated carbocycles. The summed E-state index contributed by atoms with van der Waals surface area (Å²) in [4.78, 5) is 0. The second-order valence-electron chi connectivity index (χ2n) is 1.89. The molecular formula is C5H11N2O2P. The van der Waals surface area contributed by atoms with Gasteiger partial charge in [-0.15, -0.1) is 0 Å². The van der Waals surface area contributed by atoms with Crippen LogP contribution in [-0.4, -0.2) is 25.4 Å². The normalized spacial score (nSPS) is 16.3. The molecule has 0 aliphatic heterocycles. The van der Waals surface area contributed by atoms with Gasteiger partial charge in [-0.1, -0.05) is 0 Å². The van der Waals surface area contributed by atoms with Gasteiger partial charge in [-0.2, -0.15) is 5.26 Å². The zero-order valence-electron chi connectivity index (χ0n) is 6.37. The highest BCUT2D eigenvalue weighted by atomic mass is 31.2. The first-order chi connectivity index (χ1) is 4.56. The van der Waals surface area contributed by atoms with Gasteiger partial charge in [0.05, 0.1) is 6.61 Å². The Morgan fingerprint density at radius 3 is 2.30 bits per heavy atom. The van der Waals surface area contributed by atoms with Crippen LogP contribution in [0.15, 0.2) is 0 Å². The predicted octanol–water partition coefficient (Wildman–Crippen LogP) is 1.26. The first-order valence-electron chi connectivity index (χ1n) is 2.90. The van der Waals surface area contributed by atoms with Crippen molar-refractivity contribution < 1.29 is 9.09 Å². The van der Waals surface area contributed by atoms with Crippen molar-refractivity contribution in [1.29, 1.82) is 5.26 Å². The Morgan fingerprint density at radius 1 is 1.70 bits per heavy atom. The molecular weight excluding hydrogens is 151 g/mol. The summed E-state index contributed by atoms with van der Waals surface area (Å²) in [6, 6.07) is 0. The number of rotatable bonds is 3. The van der Waals surface area contributed by atoms with E-state index in [1.807, 2.05) is 0 Å². The number of nitrogens with zero attached hydrogens (tertiary/aromatic N) is 2. The summed E-state index contributed by atoms with van der Waals surface area (Å²) in [5.74, 6) is 1.64. The van der Waals surface area contributed by atoms with Gasteiger partial charge in [0.15, 0.2) is 5.81 Å². The highest BCUT2D eigenvalue weighted by molar-refractivity contribution is 7.61. The van der Waals surface area contributed by atoms with Gasteiger partial charge in [0, 0.05) is 0 Å². The zero-order chi connectivity index (χ0) is 8.20. The Labute approximate surface area is 60.9 Å². The molecule has 0 rings (SSSR count). The fourth-order valence-electron chi connectivity index (χ4n) is 0.409. The quantitative estimate of drug-likeness (QED) is 0.586. The largest absolute Gasteiger partial charge is 0.370 e. The van der Waals surface area contributed by atoms with E-state index in [9.17, 15) is 4.57 Å². The van der Waals surface area contributed by atoms with Gasteiger partial charge >= 0.3 is 7.52 Å². The average molecular weight is 162 g/mol. The van der Waals surface area contributed by atoms with Crippen LogP contribution in [0.5, 0.6) is 0 Å². The lowest BCUT2D eigenvalue weighted by Gasteiger charge is -2.15. The Kier molecular flexibility index (Phi) is 3.59. The number of hydrogen-bond donors (Lipinski definition) is 0. The highest BCUT2D eigenvalue weighted by Crippen LogP contribution is 2.46. The summed E-state index contributed by atoms with van der Waals surface area (Å²) in [5, 5.41) is 8.41. The van der Waals surface area contributed by atoms with E-state index in [-0.39, 0.29) is 0 Å². The molecule has 0 saturated heterocycles. The number of nitriles is 1. The lowest BCUT2D eigenvalue weighted by molar-refractivity contribution is 0.307. The van der Waals surface area contributed by atoms with Crippen molar-refractivity contribution in [2.24, 2.45) is 0 Å². The minimum Gasteiger partial charge on any atom is -0.307 e. The van der Waals surface area contributed by atoms with Crippen LogP contribution in [0, 0.1) is 11.1 Å². The van der Waals surface area contributed by atoms with Gasteiger partial charge in [0.2, 0.25) is 0 Å². The fourth-order valence-corrected chi connectivity index (χ4v) is 1.23. The maximum Gasteiger partial charge on any atom is 0.370 e. The minimum absolute atomic E-state index is 0.295. The maximum atomic E-state index is 11.2. The average Bonchev–Trinajstić information content (AvgIpc) is 1.88. The molecule has 1 atom stereocenters. The van der Waals surface area contributed by atoms with Crippen molar-refractivity contribution in [2.75, 3.05) is 20.7 Å². The van der Waals surface area contributed by atoms with Crippen molar-refractivity contribution in [3.8, 4) is 5.81 Å². The van der Waals surface area contributed by atoms with E-state index in [0.29, 0.717) is 6.61 Å². The van der Waals surface area contributed by atoms with E-state index in [1.165, 1.54) is 4.67 Å². The fraction of sp³-hybridized carbons (Fsp3) is 0.800. The van der Waals surface area contributed by atoms with E-state index >= 15 is 0 Å². The molecule has 0 unspecified atom stereocenters. The summed E-state index contributed by atoms with van der Waals surface area (Å²) in [7, 11) is -0.0229. The van der Waals surface area contributed by atoms with Gasteiger partial charge in [-0.25, -0.2) is 4.67 Å². The highest BCUT2D eigenvalue weighted by Gasteiger charge is 2.24. The molecule has 0 amide bonds. The van der Waals surface area contributed by atoms with Crippen molar-refractivity contribution in [3.63, 3.8) is 0 Å². The molecule has 0 heterocycles. The third-order valence-corrected chi connectivity index (χ3v) is 2.87. The topological polar surface area (TPSA) is 53.3 Å². The standard InChI is InChI=1S/C5H11N2O2P/c1-4-9-10(8,5-6)7(2)3/h4H2,1-3H3/t10-/m1/s1. The summed E-state index contributed by atoms with van der Waals surface area (Å²) >= 11 is 0. The van der Waals surface area contributed by atoms with Crippen LogP contribution in [0.2, 0.25) is 0 Å². The first kappa shape index (κ1) is 9.64. The van der Waals surface area contributed by atoms with Crippen LogP contribution in [-0.2, 0) is 9.09 Å². The molecule has 10 heavy (non-hydrogen) atoms. The minimum atomic E-state index is -3.13. The molecule has 4 nitrogen and oxygen atoms in total. The van der Waals surface area contributed by atoms with E-state index in [1.54, 1.807) is 26.8 Å². The third-order valence-electron chi connectivity index (χ3n) is 0.957. The molecule has 0 radical (unpaired) electrons. The van der Waals surface area contributed by atoms with Crippen LogP contribution < -0.4 is 0 Å². The maximum absolute atomic E-state index is 11.2. The lowest BCUT2D eigenvalue weighted by atomic mass is 10.9. The molecule has 5 heteroatoms. The Bertz CT molecular complexity index is 185. The Morgan fingerprint density at radius 2 is 2.20 bits per heavy atom. The second kappa shape index (κ2) is 3.72. The summed E-state index contributed by atoms with van der Waals surface area (Å²) in [6.45, 7) is 2.00. The van der Waals surface area contributed by atoms with Gasteiger partial charge in [-0.3, -0.25) is 4.57 Å². The molecule has 0 aromatic heterocycles. The lowest BCUT2D eigenvalue weighted by Crippen LogP contribution is -2.09. The Hall–Kier alpha value is -0.360. The van der Waals surface area contributed by atoms with Gasteiger partial charge in [-0.05, 0) is 21.0 Å². The predicted molar refractivity (Wildman–Crippen MR) is 38.5 cm³/mol. The van der Waals surface area contributed by atoms with Crippen molar-refractivity contribution in [2.45, 2.75) is 6.92 Å². The summed E-state index contributed by atoms with van der Waals surface area (Å²) < 4.78 is 17.3. The first-order valence-corrected chi connectivity index (χ1v) is 4.48. The van der Waals surface area contributed by atoms with Gasteiger partial charge in [0.1, 0.15) is 0 Å². The molecule has 0 aromatic carbocycles. The Balaban J connectivity index is 4.29. The monoisotopic (exact) mass is 162 g/mol. The van der Waals surface area contributed by atoms with Crippen LogP contribution >= 0.6 is 7.52 Å². The van der Waals surface area contributed by atoms with Crippen LogP contribution in [0.1, 0.15) is 6.92 Å². The van der Waals surface area contributed by atoms with E-state index < -0.39 is 7.52 Å². The van der Waals surface area contributed by atoms with Crippen molar-refractivity contribution in [3.05, 3.63) is 0 Å². The smallest absolute Gasteiger partial charge is 0.307 e. The van der Waals surface area contributed by atoms with E-state index in [4.69, 9.17) is 9.79 Å². The van der Waals surface area contributed by atoms with Crippen LogP contribution in [0.4, 0.5) is 0 Å². The van der Waals surface area contributed by atoms with Gasteiger partial charge in [0.25, 0.3) is 0 Å². The van der Waals surface area contributed by atoms with Crippen LogP contribution in [0.25, 0.3) is 0 Å². The third kappa shape index (κ3) is 2.11. The zero-order valence-corrected chi connectivity index (χ0v) is 7.26. The van der Waals surface area contributed by atoms with E-state index in [2.05, 4.69) is 0 Å².